The number of nitrogens with one attached hydrogen (secondary N) is 1. The zero-order chi connectivity index (χ0) is 15.9. The Bertz CT molecular complexity index is 497. The first-order valence-electron chi connectivity index (χ1n) is 7.69. The van der Waals surface area contributed by atoms with Gasteiger partial charge in [0.2, 0.25) is 0 Å². The molecule has 6 heteroatoms. The lowest BCUT2D eigenvalue weighted by Gasteiger charge is -2.32. The molecule has 0 unspecified atom stereocenters. The summed E-state index contributed by atoms with van der Waals surface area (Å²) in [7, 11) is 0. The minimum absolute atomic E-state index is 0.00562. The average molecular weight is 305 g/mol. The summed E-state index contributed by atoms with van der Waals surface area (Å²) in [4.78, 5) is 29.7. The number of piperidine rings is 1. The molecule has 6 nitrogen and oxygen atoms in total. The molecule has 0 aromatic carbocycles. The molecule has 1 aromatic heterocycles. The van der Waals surface area contributed by atoms with E-state index in [1.165, 1.54) is 0 Å². The Kier molecular flexibility index (Phi) is 5.75. The molecule has 120 valence electrons. The predicted octanol–water partition coefficient (Wildman–Crippen LogP) is 2.07. The Balaban J connectivity index is 1.76. The third-order valence-electron chi connectivity index (χ3n) is 3.56. The number of carbonyl (C=O) groups is 2. The van der Waals surface area contributed by atoms with Gasteiger partial charge in [0.15, 0.2) is 0 Å². The van der Waals surface area contributed by atoms with Crippen LogP contribution in [0.4, 0.5) is 4.79 Å². The first-order chi connectivity index (χ1) is 10.6. The van der Waals surface area contributed by atoms with Crippen LogP contribution in [0.1, 0.15) is 37.0 Å². The van der Waals surface area contributed by atoms with Crippen molar-refractivity contribution in [3.05, 3.63) is 30.1 Å². The van der Waals surface area contributed by atoms with Crippen LogP contribution in [0.2, 0.25) is 0 Å². The van der Waals surface area contributed by atoms with E-state index in [1.54, 1.807) is 29.4 Å². The molecule has 0 saturated carbocycles. The van der Waals surface area contributed by atoms with Crippen LogP contribution in [0.5, 0.6) is 0 Å². The Morgan fingerprint density at radius 3 is 2.73 bits per heavy atom. The van der Waals surface area contributed by atoms with E-state index in [0.717, 1.165) is 12.8 Å². The second kappa shape index (κ2) is 7.77. The number of amides is 2. The number of hydrogen-bond acceptors (Lipinski definition) is 4. The van der Waals surface area contributed by atoms with Crippen molar-refractivity contribution in [1.82, 2.24) is 15.2 Å². The highest BCUT2D eigenvalue weighted by Crippen LogP contribution is 2.13. The number of carbonyl (C=O) groups excluding carboxylic acids is 2. The SMILES string of the molecule is CC(C)COC(=O)NC1CCN(C(=O)c2cccnc2)CC1. The molecular formula is C16H23N3O3. The van der Waals surface area contributed by atoms with E-state index in [2.05, 4.69) is 10.3 Å². The number of aromatic nitrogens is 1. The van der Waals surface area contributed by atoms with Gasteiger partial charge in [-0.3, -0.25) is 9.78 Å². The predicted molar refractivity (Wildman–Crippen MR) is 82.5 cm³/mol. The molecule has 2 heterocycles. The number of alkyl carbamates (subject to hydrolysis) is 1. The fourth-order valence-corrected chi connectivity index (χ4v) is 2.35. The molecule has 1 aromatic rings. The van der Waals surface area contributed by atoms with E-state index in [-0.39, 0.29) is 18.0 Å². The van der Waals surface area contributed by atoms with Crippen LogP contribution in [0.25, 0.3) is 0 Å². The maximum absolute atomic E-state index is 12.3. The summed E-state index contributed by atoms with van der Waals surface area (Å²) < 4.78 is 5.11. The minimum Gasteiger partial charge on any atom is -0.449 e. The summed E-state index contributed by atoms with van der Waals surface area (Å²) in [6, 6.07) is 3.59. The highest BCUT2D eigenvalue weighted by molar-refractivity contribution is 5.93. The summed E-state index contributed by atoms with van der Waals surface area (Å²) in [5.74, 6) is 0.318. The van der Waals surface area contributed by atoms with Gasteiger partial charge >= 0.3 is 6.09 Å². The number of hydrogen-bond donors (Lipinski definition) is 1. The van der Waals surface area contributed by atoms with E-state index < -0.39 is 0 Å². The molecular weight excluding hydrogens is 282 g/mol. The van der Waals surface area contributed by atoms with Crippen molar-refractivity contribution in [2.24, 2.45) is 5.92 Å². The maximum Gasteiger partial charge on any atom is 0.407 e. The third-order valence-corrected chi connectivity index (χ3v) is 3.56. The van der Waals surface area contributed by atoms with Crippen molar-refractivity contribution in [3.8, 4) is 0 Å². The van der Waals surface area contributed by atoms with Crippen LogP contribution >= 0.6 is 0 Å². The number of likely N-dealkylation sites (tertiary alicyclic amines) is 1. The molecule has 0 spiro atoms. The normalized spacial score (nSPS) is 15.7. The Hall–Kier alpha value is -2.11. The van der Waals surface area contributed by atoms with Crippen LogP contribution in [0, 0.1) is 5.92 Å². The highest BCUT2D eigenvalue weighted by Gasteiger charge is 2.25. The quantitative estimate of drug-likeness (QED) is 0.924. The molecule has 2 amide bonds. The van der Waals surface area contributed by atoms with Crippen molar-refractivity contribution in [3.63, 3.8) is 0 Å². The largest absolute Gasteiger partial charge is 0.449 e. The summed E-state index contributed by atoms with van der Waals surface area (Å²) in [5, 5.41) is 2.86. The zero-order valence-electron chi connectivity index (χ0n) is 13.1. The summed E-state index contributed by atoms with van der Waals surface area (Å²) >= 11 is 0. The first kappa shape index (κ1) is 16.3. The highest BCUT2D eigenvalue weighted by atomic mass is 16.5. The molecule has 1 aliphatic heterocycles. The molecule has 22 heavy (non-hydrogen) atoms. The van der Waals surface area contributed by atoms with E-state index in [4.69, 9.17) is 4.74 Å². The lowest BCUT2D eigenvalue weighted by Crippen LogP contribution is -2.46. The molecule has 1 fully saturated rings. The lowest BCUT2D eigenvalue weighted by atomic mass is 10.0. The van der Waals surface area contributed by atoms with Gasteiger partial charge in [-0.25, -0.2) is 4.79 Å². The molecule has 1 aliphatic rings. The summed E-state index contributed by atoms with van der Waals surface area (Å²) in [6.07, 6.45) is 4.34. The molecule has 0 atom stereocenters. The average Bonchev–Trinajstić information content (AvgIpc) is 2.54. The first-order valence-corrected chi connectivity index (χ1v) is 7.69. The summed E-state index contributed by atoms with van der Waals surface area (Å²) in [5.41, 5.74) is 0.602. The van der Waals surface area contributed by atoms with Crippen molar-refractivity contribution in [1.29, 1.82) is 0 Å². The Labute approximate surface area is 130 Å². The fourth-order valence-electron chi connectivity index (χ4n) is 2.35. The van der Waals surface area contributed by atoms with Crippen LogP contribution in [-0.4, -0.2) is 47.6 Å². The van der Waals surface area contributed by atoms with E-state index >= 15 is 0 Å². The second-order valence-corrected chi connectivity index (χ2v) is 5.94. The van der Waals surface area contributed by atoms with Gasteiger partial charge in [-0.1, -0.05) is 13.8 Å². The van der Waals surface area contributed by atoms with Gasteiger partial charge in [0.1, 0.15) is 0 Å². The van der Waals surface area contributed by atoms with Gasteiger partial charge in [-0.05, 0) is 30.9 Å². The number of ether oxygens (including phenoxy) is 1. The van der Waals surface area contributed by atoms with Crippen molar-refractivity contribution in [2.45, 2.75) is 32.7 Å². The number of rotatable bonds is 4. The van der Waals surface area contributed by atoms with Crippen LogP contribution in [-0.2, 0) is 4.74 Å². The summed E-state index contributed by atoms with van der Waals surface area (Å²) in [6.45, 7) is 5.67. The maximum atomic E-state index is 12.3. The van der Waals surface area contributed by atoms with E-state index in [0.29, 0.717) is 31.2 Å². The van der Waals surface area contributed by atoms with Crippen molar-refractivity contribution in [2.75, 3.05) is 19.7 Å². The van der Waals surface area contributed by atoms with Crippen LogP contribution in [0.3, 0.4) is 0 Å². The van der Waals surface area contributed by atoms with Gasteiger partial charge in [-0.15, -0.1) is 0 Å². The molecule has 0 bridgehead atoms. The van der Waals surface area contributed by atoms with E-state index in [9.17, 15) is 9.59 Å². The Morgan fingerprint density at radius 1 is 1.41 bits per heavy atom. The van der Waals surface area contributed by atoms with Gasteiger partial charge in [-0.2, -0.15) is 0 Å². The topological polar surface area (TPSA) is 71.5 Å². The van der Waals surface area contributed by atoms with Crippen LogP contribution < -0.4 is 5.32 Å². The molecule has 1 N–H and O–H groups in total. The van der Waals surface area contributed by atoms with Gasteiger partial charge in [0.25, 0.3) is 5.91 Å². The van der Waals surface area contributed by atoms with Crippen molar-refractivity contribution < 1.29 is 14.3 Å². The zero-order valence-corrected chi connectivity index (χ0v) is 13.1. The minimum atomic E-state index is -0.370. The van der Waals surface area contributed by atoms with E-state index in [1.807, 2.05) is 13.8 Å². The van der Waals surface area contributed by atoms with Gasteiger partial charge < -0.3 is 15.0 Å². The third kappa shape index (κ3) is 4.72. The molecule has 2 rings (SSSR count). The number of nitrogens with zero attached hydrogens (tertiary/aromatic N) is 2. The van der Waals surface area contributed by atoms with Crippen molar-refractivity contribution >= 4 is 12.0 Å². The number of pyridine rings is 1. The smallest absolute Gasteiger partial charge is 0.407 e. The standard InChI is InChI=1S/C16H23N3O3/c1-12(2)11-22-16(21)18-14-5-8-19(9-6-14)15(20)13-4-3-7-17-10-13/h3-4,7,10,12,14H,5-6,8-9,11H2,1-2H3,(H,18,21). The van der Waals surface area contributed by atoms with Gasteiger partial charge in [0, 0.05) is 31.5 Å². The molecule has 0 aliphatic carbocycles. The molecule has 1 saturated heterocycles. The molecule has 0 radical (unpaired) electrons. The monoisotopic (exact) mass is 305 g/mol. The van der Waals surface area contributed by atoms with Gasteiger partial charge in [0.05, 0.1) is 12.2 Å². The Morgan fingerprint density at radius 2 is 2.14 bits per heavy atom. The second-order valence-electron chi connectivity index (χ2n) is 5.94. The fraction of sp³-hybridized carbons (Fsp3) is 0.562. The van der Waals surface area contributed by atoms with Crippen LogP contribution in [0.15, 0.2) is 24.5 Å². The lowest BCUT2D eigenvalue weighted by molar-refractivity contribution is 0.0699.